The molecule has 0 fully saturated rings. The van der Waals surface area contributed by atoms with E-state index in [4.69, 9.17) is 0 Å². The van der Waals surface area contributed by atoms with Crippen LogP contribution in [0, 0.1) is 0 Å². The van der Waals surface area contributed by atoms with Crippen LogP contribution in [0.15, 0.2) is 127 Å². The van der Waals surface area contributed by atoms with Crippen molar-refractivity contribution < 1.29 is 0 Å². The van der Waals surface area contributed by atoms with E-state index in [0.717, 1.165) is 12.8 Å². The molecule has 0 spiro atoms. The van der Waals surface area contributed by atoms with Crippen molar-refractivity contribution in [1.82, 2.24) is 9.13 Å². The van der Waals surface area contributed by atoms with Crippen LogP contribution in [0.4, 0.5) is 0 Å². The lowest BCUT2D eigenvalue weighted by molar-refractivity contribution is 0.921. The number of aromatic nitrogens is 2. The molecule has 6 aromatic carbocycles. The number of fused-ring (bicyclic) bond motifs is 10. The van der Waals surface area contributed by atoms with Crippen molar-refractivity contribution in [3.05, 3.63) is 133 Å². The molecule has 3 heterocycles. The highest BCUT2D eigenvalue weighted by Gasteiger charge is 2.22. The highest BCUT2D eigenvalue weighted by atomic mass is 32.1. The molecule has 42 heavy (non-hydrogen) atoms. The van der Waals surface area contributed by atoms with Gasteiger partial charge < -0.3 is 9.13 Å². The predicted molar refractivity (Wildman–Crippen MR) is 182 cm³/mol. The summed E-state index contributed by atoms with van der Waals surface area (Å²) in [4.78, 5) is 0. The van der Waals surface area contributed by atoms with Gasteiger partial charge >= 0.3 is 0 Å². The summed E-state index contributed by atoms with van der Waals surface area (Å²) < 4.78 is 7.67. The molecule has 2 nitrogen and oxygen atoms in total. The minimum absolute atomic E-state index is 1.10. The zero-order chi connectivity index (χ0) is 27.8. The van der Waals surface area contributed by atoms with Gasteiger partial charge in [0.25, 0.3) is 0 Å². The third kappa shape index (κ3) is 3.26. The van der Waals surface area contributed by atoms with Crippen LogP contribution in [-0.2, 0) is 6.42 Å². The fourth-order valence-electron chi connectivity index (χ4n) is 7.04. The lowest BCUT2D eigenvalue weighted by Gasteiger charge is -2.14. The highest BCUT2D eigenvalue weighted by Crippen LogP contribution is 2.45. The normalized spacial score (nSPS) is 12.1. The van der Waals surface area contributed by atoms with E-state index in [9.17, 15) is 0 Å². The summed E-state index contributed by atoms with van der Waals surface area (Å²) in [6, 6.07) is 47.2. The van der Waals surface area contributed by atoms with Gasteiger partial charge in [-0.1, -0.05) is 98.3 Å². The lowest BCUT2D eigenvalue weighted by Crippen LogP contribution is -2.00. The summed E-state index contributed by atoms with van der Waals surface area (Å²) >= 11 is 1.91. The summed E-state index contributed by atoms with van der Waals surface area (Å²) in [6.07, 6.45) is 2.25. The Morgan fingerprint density at radius 1 is 0.524 bits per heavy atom. The summed E-state index contributed by atoms with van der Waals surface area (Å²) in [5.74, 6) is 0. The minimum atomic E-state index is 1.10. The topological polar surface area (TPSA) is 9.86 Å². The van der Waals surface area contributed by atoms with Crippen molar-refractivity contribution >= 4 is 75.1 Å². The van der Waals surface area contributed by atoms with E-state index in [-0.39, 0.29) is 0 Å². The maximum absolute atomic E-state index is 2.50. The molecule has 0 atom stereocenters. The van der Waals surface area contributed by atoms with Crippen LogP contribution in [0.25, 0.3) is 75.2 Å². The number of nitrogens with zero attached hydrogens (tertiary/aromatic N) is 2. The third-order valence-electron chi connectivity index (χ3n) is 8.83. The van der Waals surface area contributed by atoms with E-state index < -0.39 is 0 Å². The van der Waals surface area contributed by atoms with Crippen LogP contribution in [0.1, 0.15) is 18.9 Å². The van der Waals surface area contributed by atoms with Gasteiger partial charge in [-0.2, -0.15) is 0 Å². The highest BCUT2D eigenvalue weighted by molar-refractivity contribution is 7.26. The van der Waals surface area contributed by atoms with E-state index in [1.54, 1.807) is 0 Å². The molecule has 0 aliphatic carbocycles. The molecule has 0 radical (unpaired) electrons. The molecular formula is C39H28N2S. The van der Waals surface area contributed by atoms with E-state index >= 15 is 0 Å². The third-order valence-corrected chi connectivity index (χ3v) is 10.0. The van der Waals surface area contributed by atoms with Crippen LogP contribution >= 0.6 is 11.3 Å². The quantitative estimate of drug-likeness (QED) is 0.204. The Morgan fingerprint density at radius 3 is 1.93 bits per heavy atom. The molecule has 0 amide bonds. The Kier molecular flexibility index (Phi) is 5.14. The monoisotopic (exact) mass is 556 g/mol. The zero-order valence-electron chi connectivity index (χ0n) is 23.3. The molecule has 0 unspecified atom stereocenters. The molecule has 3 heteroatoms. The second kappa shape index (κ2) is 9.07. The second-order valence-electron chi connectivity index (χ2n) is 11.2. The first kappa shape index (κ1) is 23.8. The first-order chi connectivity index (χ1) is 20.8. The summed E-state index contributed by atoms with van der Waals surface area (Å²) in [5, 5.41) is 7.86. The molecule has 200 valence electrons. The molecule has 9 rings (SSSR count). The van der Waals surface area contributed by atoms with Crippen molar-refractivity contribution in [2.45, 2.75) is 19.8 Å². The first-order valence-electron chi connectivity index (χ1n) is 14.8. The Hall–Kier alpha value is -4.86. The van der Waals surface area contributed by atoms with Gasteiger partial charge in [0.2, 0.25) is 0 Å². The van der Waals surface area contributed by atoms with Gasteiger partial charge in [-0.15, -0.1) is 11.3 Å². The Balaban J connectivity index is 1.48. The maximum atomic E-state index is 2.50. The molecule has 0 aliphatic heterocycles. The van der Waals surface area contributed by atoms with Crippen LogP contribution in [-0.4, -0.2) is 9.13 Å². The number of hydrogen-bond acceptors (Lipinski definition) is 1. The van der Waals surface area contributed by atoms with Crippen molar-refractivity contribution in [2.24, 2.45) is 0 Å². The standard InChI is InChI=1S/C39H28N2S/c1-2-10-25-19-21-26(22-20-25)40-34-24-23-30-29-13-5-8-18-36(29)42-39(30)37(34)31-14-9-17-35(38(31)40)41-32-15-6-3-11-27(32)28-12-4-7-16-33(28)41/h3-9,11-24H,2,10H2,1H3. The van der Waals surface area contributed by atoms with Gasteiger partial charge in [-0.25, -0.2) is 0 Å². The Bertz CT molecular complexity index is 2420. The van der Waals surface area contributed by atoms with Gasteiger partial charge in [0.1, 0.15) is 0 Å². The molecule has 0 N–H and O–H groups in total. The molecule has 0 saturated carbocycles. The van der Waals surface area contributed by atoms with Crippen molar-refractivity contribution in [1.29, 1.82) is 0 Å². The Morgan fingerprint density at radius 2 is 1.19 bits per heavy atom. The van der Waals surface area contributed by atoms with Crippen LogP contribution < -0.4 is 0 Å². The maximum Gasteiger partial charge on any atom is 0.0782 e. The van der Waals surface area contributed by atoms with E-state index in [0.29, 0.717) is 0 Å². The smallest absolute Gasteiger partial charge is 0.0782 e. The molecule has 0 bridgehead atoms. The van der Waals surface area contributed by atoms with Crippen LogP contribution in [0.2, 0.25) is 0 Å². The van der Waals surface area contributed by atoms with Crippen molar-refractivity contribution in [2.75, 3.05) is 0 Å². The van der Waals surface area contributed by atoms with E-state index in [2.05, 4.69) is 143 Å². The number of thiophene rings is 1. The number of benzene rings is 6. The number of aryl methyl sites for hydroxylation is 1. The fourth-order valence-corrected chi connectivity index (χ4v) is 8.30. The molecule has 9 aromatic rings. The van der Waals surface area contributed by atoms with Gasteiger partial charge in [-0.05, 0) is 54.4 Å². The molecule has 0 aliphatic rings. The second-order valence-corrected chi connectivity index (χ2v) is 12.3. The van der Waals surface area contributed by atoms with Crippen molar-refractivity contribution in [3.8, 4) is 11.4 Å². The summed E-state index contributed by atoms with van der Waals surface area (Å²) in [5.41, 5.74) is 8.74. The first-order valence-corrected chi connectivity index (χ1v) is 15.6. The SMILES string of the molecule is CCCc1ccc(-n2c3ccc4c5ccccc5sc4c3c3cccc(-n4c5ccccc5c5ccccc54)c32)cc1. The van der Waals surface area contributed by atoms with Crippen LogP contribution in [0.3, 0.4) is 0 Å². The van der Waals surface area contributed by atoms with E-state index in [1.165, 1.54) is 80.7 Å². The lowest BCUT2D eigenvalue weighted by atomic mass is 10.1. The largest absolute Gasteiger partial charge is 0.307 e. The summed E-state index contributed by atoms with van der Waals surface area (Å²) in [6.45, 7) is 2.25. The summed E-state index contributed by atoms with van der Waals surface area (Å²) in [7, 11) is 0. The van der Waals surface area contributed by atoms with Gasteiger partial charge in [0.15, 0.2) is 0 Å². The number of rotatable bonds is 4. The van der Waals surface area contributed by atoms with Gasteiger partial charge in [-0.3, -0.25) is 0 Å². The average Bonchev–Trinajstić information content (AvgIpc) is 3.69. The minimum Gasteiger partial charge on any atom is -0.307 e. The van der Waals surface area contributed by atoms with E-state index in [1.807, 2.05) is 11.3 Å². The predicted octanol–water partition coefficient (Wildman–Crippen LogP) is 11.2. The molecule has 0 saturated heterocycles. The van der Waals surface area contributed by atoms with Crippen molar-refractivity contribution in [3.63, 3.8) is 0 Å². The number of para-hydroxylation sites is 3. The molecule has 3 aromatic heterocycles. The van der Waals surface area contributed by atoms with Gasteiger partial charge in [0.05, 0.1) is 27.8 Å². The zero-order valence-corrected chi connectivity index (χ0v) is 24.2. The molecular weight excluding hydrogens is 529 g/mol. The van der Waals surface area contributed by atoms with Crippen LogP contribution in [0.5, 0.6) is 0 Å². The number of hydrogen-bond donors (Lipinski definition) is 0. The fraction of sp³-hybridized carbons (Fsp3) is 0.0769. The Labute approximate surface area is 247 Å². The average molecular weight is 557 g/mol. The van der Waals surface area contributed by atoms with Gasteiger partial charge in [0, 0.05) is 47.4 Å².